The molecule has 0 radical (unpaired) electrons. The van der Waals surface area contributed by atoms with Crippen molar-refractivity contribution in [1.82, 2.24) is 20.4 Å². The summed E-state index contributed by atoms with van der Waals surface area (Å²) in [5.41, 5.74) is 1.59. The number of carbonyl (C=O) groups excluding carboxylic acids is 2. The molecule has 2 aliphatic heterocycles. The molecular weight excluding hydrogens is 342 g/mol. The minimum absolute atomic E-state index is 0.428. The van der Waals surface area contributed by atoms with E-state index in [4.69, 9.17) is 5.41 Å². The van der Waals surface area contributed by atoms with Crippen LogP contribution in [0.5, 0.6) is 0 Å². The number of rotatable bonds is 2. The fraction of sp³-hybridized carbons (Fsp3) is 0.450. The largest absolute Gasteiger partial charge is 0.355 e. The van der Waals surface area contributed by atoms with Crippen molar-refractivity contribution in [2.45, 2.75) is 32.4 Å². The summed E-state index contributed by atoms with van der Waals surface area (Å²) in [5, 5.41) is 13.1. The van der Waals surface area contributed by atoms with Gasteiger partial charge in [0, 0.05) is 43.3 Å². The molecule has 0 unspecified atom stereocenters. The molecule has 3 amide bonds. The van der Waals surface area contributed by atoms with Gasteiger partial charge in [-0.05, 0) is 32.4 Å². The molecule has 3 N–H and O–H groups in total. The lowest BCUT2D eigenvalue weighted by atomic mass is 10.1. The van der Waals surface area contributed by atoms with E-state index in [2.05, 4.69) is 46.1 Å². The van der Waals surface area contributed by atoms with E-state index in [1.807, 2.05) is 24.3 Å². The van der Waals surface area contributed by atoms with Gasteiger partial charge in [0.05, 0.1) is 0 Å². The standard InChI is InChI=1S/C20H25N5O2/c1-14(2)24-10-3-11-25(13-12-24)18(21)16-7-4-15(5-8-16)6-9-17-19(26)23-20(27)22-17/h4-5,7-8,14,17,21H,3,10-13H2,1-2H3,(H2,22,23,26,27)/t17-/m0/s1. The molecular formula is C20H25N5O2. The van der Waals surface area contributed by atoms with Gasteiger partial charge in [-0.1, -0.05) is 24.0 Å². The van der Waals surface area contributed by atoms with Gasteiger partial charge in [0.25, 0.3) is 5.91 Å². The topological polar surface area (TPSA) is 88.5 Å². The van der Waals surface area contributed by atoms with Gasteiger partial charge in [-0.2, -0.15) is 0 Å². The number of nitrogens with one attached hydrogen (secondary N) is 3. The van der Waals surface area contributed by atoms with Gasteiger partial charge >= 0.3 is 6.03 Å². The van der Waals surface area contributed by atoms with Gasteiger partial charge in [-0.15, -0.1) is 0 Å². The molecule has 0 spiro atoms. The Morgan fingerprint density at radius 3 is 2.52 bits per heavy atom. The number of imide groups is 1. The van der Waals surface area contributed by atoms with E-state index >= 15 is 0 Å². The SMILES string of the molecule is CC(C)N1CCCN(C(=N)c2ccc(C#C[C@@H]3NC(=O)NC3=O)cc2)CC1. The molecule has 2 heterocycles. The van der Waals surface area contributed by atoms with Gasteiger partial charge in [0.15, 0.2) is 6.04 Å². The normalized spacial score (nSPS) is 20.6. The third-order valence-corrected chi connectivity index (χ3v) is 4.87. The predicted octanol–water partition coefficient (Wildman–Crippen LogP) is 0.988. The molecule has 1 aromatic rings. The van der Waals surface area contributed by atoms with Crippen LogP contribution in [-0.2, 0) is 4.79 Å². The highest BCUT2D eigenvalue weighted by Gasteiger charge is 2.27. The van der Waals surface area contributed by atoms with Gasteiger partial charge in [0.2, 0.25) is 0 Å². The summed E-state index contributed by atoms with van der Waals surface area (Å²) in [6.07, 6.45) is 1.05. The van der Waals surface area contributed by atoms with Crippen LogP contribution in [0.2, 0.25) is 0 Å². The minimum Gasteiger partial charge on any atom is -0.355 e. The van der Waals surface area contributed by atoms with Crippen LogP contribution in [-0.4, -0.2) is 65.8 Å². The number of carbonyl (C=O) groups is 2. The predicted molar refractivity (Wildman–Crippen MR) is 104 cm³/mol. The third-order valence-electron chi connectivity index (χ3n) is 4.87. The lowest BCUT2D eigenvalue weighted by molar-refractivity contribution is -0.119. The highest BCUT2D eigenvalue weighted by atomic mass is 16.2. The number of benzene rings is 1. The van der Waals surface area contributed by atoms with Crippen molar-refractivity contribution in [2.75, 3.05) is 26.2 Å². The summed E-state index contributed by atoms with van der Waals surface area (Å²) in [5.74, 6) is 5.75. The molecule has 3 rings (SSSR count). The van der Waals surface area contributed by atoms with E-state index in [0.29, 0.717) is 11.9 Å². The first-order chi connectivity index (χ1) is 12.9. The van der Waals surface area contributed by atoms with Crippen molar-refractivity contribution in [3.05, 3.63) is 35.4 Å². The van der Waals surface area contributed by atoms with E-state index in [1.165, 1.54) is 0 Å². The fourth-order valence-electron chi connectivity index (χ4n) is 3.25. The number of hydrogen-bond acceptors (Lipinski definition) is 4. The zero-order valence-electron chi connectivity index (χ0n) is 15.7. The van der Waals surface area contributed by atoms with Gasteiger partial charge in [-0.3, -0.25) is 20.4 Å². The summed E-state index contributed by atoms with van der Waals surface area (Å²) >= 11 is 0. The molecule has 2 aliphatic rings. The molecule has 2 fully saturated rings. The molecule has 142 valence electrons. The Labute approximate surface area is 159 Å². The molecule has 2 saturated heterocycles. The molecule has 7 nitrogen and oxygen atoms in total. The van der Waals surface area contributed by atoms with Crippen molar-refractivity contribution in [2.24, 2.45) is 0 Å². The molecule has 0 aliphatic carbocycles. The van der Waals surface area contributed by atoms with Crippen molar-refractivity contribution >= 4 is 17.8 Å². The van der Waals surface area contributed by atoms with Crippen LogP contribution in [0.15, 0.2) is 24.3 Å². The molecule has 7 heteroatoms. The molecule has 0 saturated carbocycles. The highest BCUT2D eigenvalue weighted by molar-refractivity contribution is 6.05. The smallest absolute Gasteiger partial charge is 0.322 e. The molecule has 1 atom stereocenters. The first-order valence-electron chi connectivity index (χ1n) is 9.25. The maximum atomic E-state index is 11.5. The zero-order valence-corrected chi connectivity index (χ0v) is 15.7. The Bertz CT molecular complexity index is 791. The third kappa shape index (κ3) is 4.66. The minimum atomic E-state index is -0.809. The first-order valence-corrected chi connectivity index (χ1v) is 9.25. The Morgan fingerprint density at radius 2 is 1.89 bits per heavy atom. The fourth-order valence-corrected chi connectivity index (χ4v) is 3.25. The van der Waals surface area contributed by atoms with Crippen molar-refractivity contribution in [3.8, 4) is 11.8 Å². The van der Waals surface area contributed by atoms with Crippen LogP contribution < -0.4 is 10.6 Å². The van der Waals surface area contributed by atoms with Crippen LogP contribution in [0.4, 0.5) is 4.79 Å². The van der Waals surface area contributed by atoms with Gasteiger partial charge in [0.1, 0.15) is 5.84 Å². The van der Waals surface area contributed by atoms with E-state index < -0.39 is 18.0 Å². The highest BCUT2D eigenvalue weighted by Crippen LogP contribution is 2.12. The molecule has 0 bridgehead atoms. The monoisotopic (exact) mass is 367 g/mol. The van der Waals surface area contributed by atoms with Gasteiger partial charge in [-0.25, -0.2) is 4.79 Å². The van der Waals surface area contributed by atoms with Crippen molar-refractivity contribution in [3.63, 3.8) is 0 Å². The Hall–Kier alpha value is -2.85. The summed E-state index contributed by atoms with van der Waals surface area (Å²) in [4.78, 5) is 27.1. The van der Waals surface area contributed by atoms with E-state index in [9.17, 15) is 9.59 Å². The number of urea groups is 1. The average molecular weight is 367 g/mol. The van der Waals surface area contributed by atoms with Crippen LogP contribution in [0.3, 0.4) is 0 Å². The zero-order chi connectivity index (χ0) is 19.4. The quantitative estimate of drug-likeness (QED) is 0.315. The lowest BCUT2D eigenvalue weighted by Crippen LogP contribution is -2.37. The van der Waals surface area contributed by atoms with E-state index in [0.717, 1.165) is 43.7 Å². The Kier molecular flexibility index (Phi) is 5.77. The number of amidine groups is 1. The second-order valence-corrected chi connectivity index (χ2v) is 7.06. The first kappa shape index (κ1) is 18.9. The summed E-state index contributed by atoms with van der Waals surface area (Å²) in [6, 6.07) is 6.64. The van der Waals surface area contributed by atoms with Crippen LogP contribution >= 0.6 is 0 Å². The summed E-state index contributed by atoms with van der Waals surface area (Å²) < 4.78 is 0. The number of hydrogen-bond donors (Lipinski definition) is 3. The molecule has 1 aromatic carbocycles. The van der Waals surface area contributed by atoms with E-state index in [-0.39, 0.29) is 0 Å². The number of amides is 3. The van der Waals surface area contributed by atoms with Crippen LogP contribution in [0, 0.1) is 17.3 Å². The Balaban J connectivity index is 1.62. The second kappa shape index (κ2) is 8.23. The second-order valence-electron chi connectivity index (χ2n) is 7.06. The molecule has 0 aromatic heterocycles. The lowest BCUT2D eigenvalue weighted by Gasteiger charge is -2.26. The average Bonchev–Trinajstić information content (AvgIpc) is 2.85. The maximum Gasteiger partial charge on any atom is 0.322 e. The van der Waals surface area contributed by atoms with Crippen LogP contribution in [0.25, 0.3) is 0 Å². The van der Waals surface area contributed by atoms with Crippen LogP contribution in [0.1, 0.15) is 31.4 Å². The van der Waals surface area contributed by atoms with Gasteiger partial charge < -0.3 is 10.2 Å². The van der Waals surface area contributed by atoms with Crippen molar-refractivity contribution < 1.29 is 9.59 Å². The number of nitrogens with zero attached hydrogens (tertiary/aromatic N) is 2. The van der Waals surface area contributed by atoms with Crippen molar-refractivity contribution in [1.29, 1.82) is 5.41 Å². The Morgan fingerprint density at radius 1 is 1.15 bits per heavy atom. The maximum absolute atomic E-state index is 11.5. The summed E-state index contributed by atoms with van der Waals surface area (Å²) in [7, 11) is 0. The molecule has 27 heavy (non-hydrogen) atoms. The van der Waals surface area contributed by atoms with E-state index in [1.54, 1.807) is 0 Å². The summed E-state index contributed by atoms with van der Waals surface area (Å²) in [6.45, 7) is 8.21.